The lowest BCUT2D eigenvalue weighted by molar-refractivity contribution is -0.121. The van der Waals surface area contributed by atoms with E-state index in [-0.39, 0.29) is 34.7 Å². The molecule has 2 aromatic heterocycles. The Morgan fingerprint density at radius 2 is 1.79 bits per heavy atom. The zero-order valence-electron chi connectivity index (χ0n) is 17.8. The fourth-order valence-corrected chi connectivity index (χ4v) is 2.91. The Hall–Kier alpha value is -4.41. The van der Waals surface area contributed by atoms with E-state index in [2.05, 4.69) is 15.3 Å². The van der Waals surface area contributed by atoms with E-state index >= 15 is 0 Å². The van der Waals surface area contributed by atoms with Crippen LogP contribution in [0.5, 0.6) is 5.75 Å². The Morgan fingerprint density at radius 3 is 2.44 bits per heavy atom. The molecule has 0 fully saturated rings. The van der Waals surface area contributed by atoms with Gasteiger partial charge in [0.1, 0.15) is 35.1 Å². The minimum Gasteiger partial charge on any atom is -0.507 e. The maximum absolute atomic E-state index is 13.5. The number of aromatic amines is 1. The number of aromatic hydroxyl groups is 1. The molecule has 8 nitrogen and oxygen atoms in total. The average Bonchev–Trinajstić information content (AvgIpc) is 2.78. The van der Waals surface area contributed by atoms with Gasteiger partial charge >= 0.3 is 5.69 Å². The van der Waals surface area contributed by atoms with E-state index in [0.717, 1.165) is 11.8 Å². The van der Waals surface area contributed by atoms with Crippen molar-refractivity contribution < 1.29 is 23.1 Å². The summed E-state index contributed by atoms with van der Waals surface area (Å²) in [4.78, 5) is 42.2. The quantitative estimate of drug-likeness (QED) is 0.422. The zero-order chi connectivity index (χ0) is 24.8. The standard InChI is InChI=1S/C16H12F2N4O4.C7H7F/c17-8-4-9(18)11(19-5-8)6-20-13(24)7-22-15(25)14-10(21-16(22)26)2-1-3-12(14)23;1-6-2-4-7(8)5-3-6/h1-5,23H,6-7H2,(H,20,24)(H,21,26);2-5H,1H3. The second-order valence-corrected chi connectivity index (χ2v) is 7.18. The van der Waals surface area contributed by atoms with Gasteiger partial charge in [0.05, 0.1) is 24.0 Å². The monoisotopic (exact) mass is 472 g/mol. The van der Waals surface area contributed by atoms with Crippen LogP contribution in [0.15, 0.2) is 64.3 Å². The van der Waals surface area contributed by atoms with E-state index in [1.54, 1.807) is 12.1 Å². The number of carbonyl (C=O) groups is 1. The normalized spacial score (nSPS) is 10.5. The molecule has 1 amide bonds. The molecular weight excluding hydrogens is 453 g/mol. The van der Waals surface area contributed by atoms with Gasteiger partial charge in [-0.05, 0) is 31.2 Å². The Morgan fingerprint density at radius 1 is 1.09 bits per heavy atom. The maximum atomic E-state index is 13.5. The molecule has 0 bridgehead atoms. The summed E-state index contributed by atoms with van der Waals surface area (Å²) < 4.78 is 39.0. The van der Waals surface area contributed by atoms with Crippen LogP contribution in [0.4, 0.5) is 13.2 Å². The van der Waals surface area contributed by atoms with Crippen LogP contribution in [0.3, 0.4) is 0 Å². The molecule has 34 heavy (non-hydrogen) atoms. The lowest BCUT2D eigenvalue weighted by Crippen LogP contribution is -2.40. The molecular formula is C23H19F3N4O4. The van der Waals surface area contributed by atoms with E-state index < -0.39 is 35.3 Å². The van der Waals surface area contributed by atoms with Crippen molar-refractivity contribution in [3.63, 3.8) is 0 Å². The number of aromatic nitrogens is 3. The molecule has 0 aliphatic heterocycles. The predicted molar refractivity (Wildman–Crippen MR) is 118 cm³/mol. The molecule has 4 rings (SSSR count). The summed E-state index contributed by atoms with van der Waals surface area (Å²) in [6.07, 6.45) is 0.798. The Labute approximate surface area is 190 Å². The molecule has 2 aromatic carbocycles. The number of nitrogens with zero attached hydrogens (tertiary/aromatic N) is 2. The molecule has 2 heterocycles. The van der Waals surface area contributed by atoms with E-state index in [1.807, 2.05) is 6.92 Å². The van der Waals surface area contributed by atoms with Crippen molar-refractivity contribution in [1.82, 2.24) is 19.9 Å². The number of fused-ring (bicyclic) bond motifs is 1. The Kier molecular flexibility index (Phi) is 7.46. The maximum Gasteiger partial charge on any atom is 0.329 e. The highest BCUT2D eigenvalue weighted by atomic mass is 19.1. The Bertz CT molecular complexity index is 1430. The van der Waals surface area contributed by atoms with E-state index in [4.69, 9.17) is 0 Å². The summed E-state index contributed by atoms with van der Waals surface area (Å²) in [7, 11) is 0. The minimum absolute atomic E-state index is 0.133. The topological polar surface area (TPSA) is 117 Å². The van der Waals surface area contributed by atoms with Crippen molar-refractivity contribution in [2.75, 3.05) is 0 Å². The number of amides is 1. The number of phenols is 1. The van der Waals surface area contributed by atoms with E-state index in [9.17, 15) is 32.7 Å². The van der Waals surface area contributed by atoms with Crippen molar-refractivity contribution in [2.45, 2.75) is 20.0 Å². The number of nitrogens with one attached hydrogen (secondary N) is 2. The van der Waals surface area contributed by atoms with Gasteiger partial charge in [-0.3, -0.25) is 19.1 Å². The summed E-state index contributed by atoms with van der Waals surface area (Å²) in [5.74, 6) is -3.06. The molecule has 0 saturated carbocycles. The first kappa shape index (κ1) is 24.2. The molecule has 4 aromatic rings. The van der Waals surface area contributed by atoms with Crippen LogP contribution in [-0.4, -0.2) is 25.5 Å². The lowest BCUT2D eigenvalue weighted by Gasteiger charge is -2.08. The van der Waals surface area contributed by atoms with Crippen LogP contribution in [0.1, 0.15) is 11.3 Å². The molecule has 3 N–H and O–H groups in total. The largest absolute Gasteiger partial charge is 0.507 e. The number of phenolic OH excluding ortho intramolecular Hbond substituents is 1. The third kappa shape index (κ3) is 5.88. The Balaban J connectivity index is 0.000000343. The molecule has 11 heteroatoms. The summed E-state index contributed by atoms with van der Waals surface area (Å²) in [6, 6.07) is 11.2. The highest BCUT2D eigenvalue weighted by Gasteiger charge is 2.14. The van der Waals surface area contributed by atoms with Crippen LogP contribution < -0.4 is 16.6 Å². The third-order valence-corrected chi connectivity index (χ3v) is 4.64. The lowest BCUT2D eigenvalue weighted by atomic mass is 10.2. The first-order valence-electron chi connectivity index (χ1n) is 9.89. The molecule has 0 radical (unpaired) electrons. The van der Waals surface area contributed by atoms with Crippen LogP contribution in [-0.2, 0) is 17.9 Å². The first-order chi connectivity index (χ1) is 16.2. The summed E-state index contributed by atoms with van der Waals surface area (Å²) >= 11 is 0. The molecule has 176 valence electrons. The van der Waals surface area contributed by atoms with Crippen molar-refractivity contribution in [1.29, 1.82) is 0 Å². The second-order valence-electron chi connectivity index (χ2n) is 7.18. The van der Waals surface area contributed by atoms with Crippen molar-refractivity contribution in [2.24, 2.45) is 0 Å². The van der Waals surface area contributed by atoms with Gasteiger partial charge < -0.3 is 15.4 Å². The predicted octanol–water partition coefficient (Wildman–Crippen LogP) is 2.52. The van der Waals surface area contributed by atoms with Gasteiger partial charge in [-0.25, -0.2) is 18.0 Å². The number of H-pyrrole nitrogens is 1. The highest BCUT2D eigenvalue weighted by molar-refractivity contribution is 5.84. The number of halogens is 3. The molecule has 0 atom stereocenters. The number of hydrogen-bond donors (Lipinski definition) is 3. The van der Waals surface area contributed by atoms with Gasteiger partial charge in [-0.2, -0.15) is 0 Å². The number of carbonyl (C=O) groups excluding carboxylic acids is 1. The average molecular weight is 472 g/mol. The summed E-state index contributed by atoms with van der Waals surface area (Å²) in [5, 5.41) is 11.9. The zero-order valence-corrected chi connectivity index (χ0v) is 17.8. The number of pyridine rings is 1. The number of rotatable bonds is 4. The summed E-state index contributed by atoms with van der Waals surface area (Å²) in [6.45, 7) is 0.928. The molecule has 0 saturated heterocycles. The second kappa shape index (κ2) is 10.5. The molecule has 0 aliphatic carbocycles. The van der Waals surface area contributed by atoms with Gasteiger partial charge in [0, 0.05) is 6.07 Å². The van der Waals surface area contributed by atoms with Crippen LogP contribution in [0.25, 0.3) is 10.9 Å². The fourth-order valence-electron chi connectivity index (χ4n) is 2.91. The van der Waals surface area contributed by atoms with Crippen LogP contribution >= 0.6 is 0 Å². The number of hydrogen-bond acceptors (Lipinski definition) is 5. The van der Waals surface area contributed by atoms with Gasteiger partial charge in [0.25, 0.3) is 5.56 Å². The van der Waals surface area contributed by atoms with Gasteiger partial charge in [0.2, 0.25) is 5.91 Å². The van der Waals surface area contributed by atoms with Crippen molar-refractivity contribution in [3.05, 3.63) is 104 Å². The van der Waals surface area contributed by atoms with Crippen LogP contribution in [0.2, 0.25) is 0 Å². The molecule has 0 unspecified atom stereocenters. The van der Waals surface area contributed by atoms with Crippen LogP contribution in [0, 0.1) is 24.4 Å². The smallest absolute Gasteiger partial charge is 0.329 e. The van der Waals surface area contributed by atoms with Gasteiger partial charge in [0.15, 0.2) is 0 Å². The third-order valence-electron chi connectivity index (χ3n) is 4.64. The van der Waals surface area contributed by atoms with E-state index in [0.29, 0.717) is 10.6 Å². The highest BCUT2D eigenvalue weighted by Crippen LogP contribution is 2.17. The van der Waals surface area contributed by atoms with Crippen molar-refractivity contribution >= 4 is 16.8 Å². The summed E-state index contributed by atoms with van der Waals surface area (Å²) in [5.41, 5.74) is -0.657. The number of benzene rings is 2. The van der Waals surface area contributed by atoms with E-state index in [1.165, 1.54) is 30.3 Å². The number of aryl methyl sites for hydroxylation is 1. The minimum atomic E-state index is -0.934. The van der Waals surface area contributed by atoms with Gasteiger partial charge in [-0.1, -0.05) is 23.8 Å². The fraction of sp³-hybridized carbons (Fsp3) is 0.130. The molecule has 0 aliphatic rings. The first-order valence-corrected chi connectivity index (χ1v) is 9.89. The SMILES string of the molecule is Cc1ccc(F)cc1.O=C(Cn1c(=O)[nH]c2cccc(O)c2c1=O)NCc1ncc(F)cc1F. The van der Waals surface area contributed by atoms with Gasteiger partial charge in [-0.15, -0.1) is 0 Å². The van der Waals surface area contributed by atoms with Crippen molar-refractivity contribution in [3.8, 4) is 5.75 Å². The molecule has 0 spiro atoms.